The molecule has 6 atom stereocenters. The fraction of sp³-hybridized carbons (Fsp3) is 0.447. The highest BCUT2D eigenvalue weighted by atomic mass is 127. The zero-order chi connectivity index (χ0) is 80.5. The topological polar surface area (TPSA) is 366 Å². The number of anilines is 2. The van der Waals surface area contributed by atoms with Gasteiger partial charge in [0.1, 0.15) is 72.2 Å². The van der Waals surface area contributed by atoms with Gasteiger partial charge in [-0.2, -0.15) is 0 Å². The number of hydrogen-bond acceptors (Lipinski definition) is 22. The number of nitrogens with one attached hydrogen (secondary N) is 4. The van der Waals surface area contributed by atoms with E-state index in [2.05, 4.69) is 51.2 Å². The van der Waals surface area contributed by atoms with Crippen LogP contribution in [0.25, 0.3) is 33.6 Å². The zero-order valence-electron chi connectivity index (χ0n) is 64.1. The number of aromatic nitrogens is 10. The summed E-state index contributed by atoms with van der Waals surface area (Å²) in [6.45, 7) is 20.5. The lowest BCUT2D eigenvalue weighted by Gasteiger charge is -2.32. The van der Waals surface area contributed by atoms with Crippen molar-refractivity contribution in [2.45, 2.75) is 169 Å². The molecule has 0 unspecified atom stereocenters. The van der Waals surface area contributed by atoms with Gasteiger partial charge in [0, 0.05) is 36.1 Å². The first-order valence-corrected chi connectivity index (χ1v) is 37.7. The van der Waals surface area contributed by atoms with E-state index in [0.29, 0.717) is 62.9 Å². The summed E-state index contributed by atoms with van der Waals surface area (Å²) in [5.74, 6) is -0.854. The number of amides is 6. The van der Waals surface area contributed by atoms with Gasteiger partial charge in [0.05, 0.1) is 111 Å². The van der Waals surface area contributed by atoms with Crippen molar-refractivity contribution >= 4 is 94.7 Å². The first-order valence-electron chi connectivity index (χ1n) is 36.6. The number of nitrogens with zero attached hydrogens (tertiary/aromatic N) is 12. The van der Waals surface area contributed by atoms with Crippen molar-refractivity contribution in [3.8, 4) is 33.6 Å². The number of aromatic amines is 2. The highest BCUT2D eigenvalue weighted by Crippen LogP contribution is 2.39. The van der Waals surface area contributed by atoms with Crippen LogP contribution in [0.15, 0.2) is 110 Å². The smallest absolute Gasteiger partial charge is 0.459 e. The van der Waals surface area contributed by atoms with Gasteiger partial charge in [-0.1, -0.05) is 86.7 Å². The molecular formula is C76H90BF2IN16O16. The normalized spacial score (nSPS) is 18.8. The van der Waals surface area contributed by atoms with Crippen LogP contribution in [0.4, 0.5) is 39.3 Å². The molecule has 0 radical (unpaired) electrons. The maximum atomic E-state index is 15.5. The van der Waals surface area contributed by atoms with Crippen LogP contribution in [0.3, 0.4) is 0 Å². The van der Waals surface area contributed by atoms with Crippen molar-refractivity contribution in [2.24, 2.45) is 11.8 Å². The van der Waals surface area contributed by atoms with Crippen LogP contribution in [0, 0.1) is 27.0 Å². The average molecular weight is 1660 g/mol. The van der Waals surface area contributed by atoms with Gasteiger partial charge in [0.2, 0.25) is 11.8 Å². The highest BCUT2D eigenvalue weighted by Gasteiger charge is 2.52. The number of ether oxygens (including phenoxy) is 6. The second-order valence-corrected chi connectivity index (χ2v) is 30.3. The molecule has 32 nitrogen and oxygen atoms in total. The van der Waals surface area contributed by atoms with Crippen LogP contribution in [0.1, 0.15) is 130 Å². The van der Waals surface area contributed by atoms with Crippen molar-refractivity contribution in [1.29, 1.82) is 0 Å². The maximum absolute atomic E-state index is 15.5. The third-order valence-corrected chi connectivity index (χ3v) is 20.8. The Kier molecular flexibility index (Phi) is 26.1. The Hall–Kier alpha value is -10.9. The summed E-state index contributed by atoms with van der Waals surface area (Å²) in [6.07, 6.45) is 6.55. The molecule has 0 aliphatic carbocycles. The monoisotopic (exact) mass is 1660 g/mol. The van der Waals surface area contributed by atoms with E-state index in [1.54, 1.807) is 66.1 Å². The predicted molar refractivity (Wildman–Crippen MR) is 410 cm³/mol. The molecule has 4 aromatic carbocycles. The Morgan fingerprint density at radius 2 is 1.03 bits per heavy atom. The SMILES string of the molecule is CC(=O)OCc1cn(C[C@H]2CN(c3ccc(I)c(F)c3)C(=O)O2)nn1.COC(=O)N[C@H](C(=O)N1CCC[C@H]1c1ncc(-c2ccc(-c3ccc(N4C[C@H](Cn5cc(COC(C)=O)nn5)OC4=O)cc3F)cc2)[nH]1)C(C)C.COC(=O)N[C@H](C(=O)N1CCC[C@H]1c1ncc(-c2ccc(B3OC(C)(C)C(C)(C)O3)cc2)[nH]1)C(C)C. The third kappa shape index (κ3) is 19.7. The summed E-state index contributed by atoms with van der Waals surface area (Å²) in [7, 11) is 2.15. The van der Waals surface area contributed by atoms with E-state index in [-0.39, 0.29) is 85.6 Å². The summed E-state index contributed by atoms with van der Waals surface area (Å²) in [4.78, 5) is 119. The molecule has 4 N–H and O–H groups in total. The minimum Gasteiger partial charge on any atom is -0.459 e. The number of carbonyl (C=O) groups is 8. The number of imidazole rings is 2. The molecule has 5 aliphatic heterocycles. The van der Waals surface area contributed by atoms with Crippen LogP contribution in [-0.2, 0) is 83.2 Å². The largest absolute Gasteiger partial charge is 0.494 e. The lowest BCUT2D eigenvalue weighted by Crippen LogP contribution is -2.51. The second kappa shape index (κ2) is 35.6. The van der Waals surface area contributed by atoms with Gasteiger partial charge in [-0.15, -0.1) is 10.2 Å². The van der Waals surface area contributed by atoms with E-state index in [1.807, 2.05) is 119 Å². The van der Waals surface area contributed by atoms with Crippen LogP contribution >= 0.6 is 22.6 Å². The molecule has 9 heterocycles. The number of esters is 2. The second-order valence-electron chi connectivity index (χ2n) is 29.2. The van der Waals surface area contributed by atoms with Crippen molar-refractivity contribution in [3.63, 3.8) is 0 Å². The summed E-state index contributed by atoms with van der Waals surface area (Å²) >= 11 is 1.88. The lowest BCUT2D eigenvalue weighted by atomic mass is 9.79. The van der Waals surface area contributed by atoms with Crippen molar-refractivity contribution < 1.29 is 84.9 Å². The van der Waals surface area contributed by atoms with Gasteiger partial charge in [0.25, 0.3) is 0 Å². The number of alkyl carbamates (subject to hydrolysis) is 2. The van der Waals surface area contributed by atoms with Crippen LogP contribution < -0.4 is 25.9 Å². The Morgan fingerprint density at radius 1 is 0.607 bits per heavy atom. The van der Waals surface area contributed by atoms with Gasteiger partial charge in [-0.3, -0.25) is 29.0 Å². The molecule has 13 rings (SSSR count). The fourth-order valence-corrected chi connectivity index (χ4v) is 13.6. The third-order valence-electron chi connectivity index (χ3n) is 20.0. The molecule has 5 fully saturated rings. The Morgan fingerprint density at radius 3 is 1.44 bits per heavy atom. The standard InChI is InChI=1S/C35H39FN8O7.C26H37BN4O5.C15H14FIN4O4/c1-20(2)31(39-34(47)49-4)33(46)43-13-5-6-30(43)32-37-15-29(38-32)23-9-7-22(8-10-23)27-12-11-25(14-28(27)36)44-18-26(51-35(44)48)17-42-16-24(40-41-42)19-50-21(3)45;1-16(2)21(30-24(33)34-7)23(32)31-14-8-9-20(31)22-28-15-19(29-22)17-10-12-18(13-11-17)27-35-25(3,4)26(5,6)36-27;1-9(22)24-8-10-5-20(19-18-10)6-12-7-21(15(23)25-12)11-2-3-14(17)13(16)4-11/h7-12,14-16,20,26,30-31H,5-6,13,17-19H2,1-4H3,(H,37,38)(H,39,47);10-13,15-16,20-21H,8-9,14H2,1-7H3,(H,28,29)(H,30,33);2-5,12H,6-8H2,1H3/t26-,30-,31-;20-,21-;12-/m000/s1. The molecule has 6 amide bonds. The number of halogens is 3. The van der Waals surface area contributed by atoms with E-state index in [0.717, 1.165) is 59.5 Å². The Bertz CT molecular complexity index is 4690. The summed E-state index contributed by atoms with van der Waals surface area (Å²) in [6, 6.07) is 22.7. The van der Waals surface area contributed by atoms with Crippen molar-refractivity contribution in [2.75, 3.05) is 50.2 Å². The van der Waals surface area contributed by atoms with Crippen LogP contribution in [0.5, 0.6) is 0 Å². The maximum Gasteiger partial charge on any atom is 0.494 e. The molecule has 594 valence electrons. The number of carbonyl (C=O) groups excluding carboxylic acids is 8. The number of benzene rings is 4. The van der Waals surface area contributed by atoms with E-state index in [1.165, 1.54) is 59.4 Å². The van der Waals surface area contributed by atoms with Gasteiger partial charge in [0.15, 0.2) is 0 Å². The molecule has 0 saturated carbocycles. The number of cyclic esters (lactones) is 2. The Balaban J connectivity index is 0.000000177. The molecule has 5 aliphatic rings. The minimum atomic E-state index is -0.725. The van der Waals surface area contributed by atoms with E-state index < -0.39 is 73.5 Å². The zero-order valence-corrected chi connectivity index (χ0v) is 66.3. The molecule has 0 bridgehead atoms. The number of H-pyrrole nitrogens is 2. The lowest BCUT2D eigenvalue weighted by molar-refractivity contribution is -0.143. The van der Waals surface area contributed by atoms with Gasteiger partial charge < -0.3 is 68.1 Å². The molecule has 36 heteroatoms. The predicted octanol–water partition coefficient (Wildman–Crippen LogP) is 10.1. The number of hydrogen-bond donors (Lipinski definition) is 4. The van der Waals surface area contributed by atoms with E-state index in [4.69, 9.17) is 37.7 Å². The molecule has 8 aromatic rings. The summed E-state index contributed by atoms with van der Waals surface area (Å²) in [5, 5.41) is 21.1. The van der Waals surface area contributed by atoms with E-state index in [9.17, 15) is 42.7 Å². The minimum absolute atomic E-state index is 0.00802. The quantitative estimate of drug-likeness (QED) is 0.0212. The molecular weight excluding hydrogens is 1570 g/mol. The number of methoxy groups -OCH3 is 2. The molecule has 0 spiro atoms. The van der Waals surface area contributed by atoms with Crippen molar-refractivity contribution in [3.05, 3.63) is 148 Å². The molecule has 4 aromatic heterocycles. The first kappa shape index (κ1) is 82.1. The fourth-order valence-electron chi connectivity index (χ4n) is 13.3. The highest BCUT2D eigenvalue weighted by molar-refractivity contribution is 14.1. The van der Waals surface area contributed by atoms with E-state index >= 15 is 4.39 Å². The first-order chi connectivity index (χ1) is 53.3. The van der Waals surface area contributed by atoms with Crippen LogP contribution in [-0.4, -0.2) is 191 Å². The molecule has 5 saturated heterocycles. The van der Waals surface area contributed by atoms with Gasteiger partial charge >= 0.3 is 43.4 Å². The van der Waals surface area contributed by atoms with Crippen molar-refractivity contribution in [1.82, 2.24) is 70.4 Å². The summed E-state index contributed by atoms with van der Waals surface area (Å²) < 4.78 is 74.9. The Labute approximate surface area is 658 Å². The van der Waals surface area contributed by atoms with Gasteiger partial charge in [-0.05, 0) is 146 Å². The van der Waals surface area contributed by atoms with Gasteiger partial charge in [-0.25, -0.2) is 47.3 Å². The molecule has 112 heavy (non-hydrogen) atoms. The summed E-state index contributed by atoms with van der Waals surface area (Å²) in [5.41, 5.74) is 6.38. The number of likely N-dealkylation sites (tertiary alicyclic amines) is 2. The average Bonchev–Trinajstić information content (AvgIpc) is 1.63. The van der Waals surface area contributed by atoms with Crippen LogP contribution in [0.2, 0.25) is 0 Å². The number of rotatable bonds is 22.